The van der Waals surface area contributed by atoms with E-state index >= 15 is 0 Å². The van der Waals surface area contributed by atoms with E-state index in [0.29, 0.717) is 11.2 Å². The molecule has 0 amide bonds. The Morgan fingerprint density at radius 3 is 2.46 bits per heavy atom. The van der Waals surface area contributed by atoms with E-state index in [1.807, 2.05) is 42.0 Å². The van der Waals surface area contributed by atoms with Gasteiger partial charge in [0, 0.05) is 29.4 Å². The van der Waals surface area contributed by atoms with Crippen molar-refractivity contribution in [2.75, 3.05) is 0 Å². The van der Waals surface area contributed by atoms with Crippen molar-refractivity contribution in [3.05, 3.63) is 57.9 Å². The van der Waals surface area contributed by atoms with Gasteiger partial charge in [0.25, 0.3) is 0 Å². The Morgan fingerprint density at radius 1 is 1.25 bits per heavy atom. The Kier molecular flexibility index (Phi) is 6.29. The highest BCUT2D eigenvalue weighted by Crippen LogP contribution is 2.39. The molecule has 0 aliphatic heterocycles. The molecule has 0 unspecified atom stereocenters. The average Bonchev–Trinajstić information content (AvgIpc) is 3.17. The molecule has 5 nitrogen and oxygen atoms in total. The highest BCUT2D eigenvalue weighted by atomic mass is 35.5. The quantitative estimate of drug-likeness (QED) is 0.583. The molecule has 28 heavy (non-hydrogen) atoms. The first-order valence-corrected chi connectivity index (χ1v) is 11.8. The molecule has 0 aliphatic carbocycles. The summed E-state index contributed by atoms with van der Waals surface area (Å²) in [6.45, 7) is 6.96. The lowest BCUT2D eigenvalue weighted by Crippen LogP contribution is -2.11. The third-order valence-electron chi connectivity index (χ3n) is 4.61. The molecule has 0 aliphatic rings. The van der Waals surface area contributed by atoms with Crippen LogP contribution in [-0.2, 0) is 29.4 Å². The molecule has 0 saturated carbocycles. The van der Waals surface area contributed by atoms with E-state index in [-0.39, 0.29) is 4.21 Å². The van der Waals surface area contributed by atoms with Crippen molar-refractivity contribution in [1.82, 2.24) is 9.55 Å². The molecule has 0 atom stereocenters. The summed E-state index contributed by atoms with van der Waals surface area (Å²) in [7, 11) is -3.78. The fraction of sp³-hybridized carbons (Fsp3) is 0.350. The van der Waals surface area contributed by atoms with Crippen molar-refractivity contribution >= 4 is 33.0 Å². The minimum atomic E-state index is -3.78. The van der Waals surface area contributed by atoms with Crippen molar-refractivity contribution < 1.29 is 8.42 Å². The molecular formula is C20H24ClN3O2S2. The van der Waals surface area contributed by atoms with Gasteiger partial charge in [-0.3, -0.25) is 0 Å². The SMILES string of the molecule is Cc1c(CC(C)C)sc(S(N)(=O)=O)c1-c1ccc(CCn2ccnc2Cl)cc1. The van der Waals surface area contributed by atoms with Gasteiger partial charge in [0.05, 0.1) is 0 Å². The first kappa shape index (κ1) is 21.0. The van der Waals surface area contributed by atoms with E-state index in [0.717, 1.165) is 46.5 Å². The van der Waals surface area contributed by atoms with Crippen LogP contribution in [0.3, 0.4) is 0 Å². The lowest BCUT2D eigenvalue weighted by atomic mass is 9.99. The van der Waals surface area contributed by atoms with Crippen LogP contribution >= 0.6 is 22.9 Å². The zero-order valence-corrected chi connectivity index (χ0v) is 18.5. The van der Waals surface area contributed by atoms with Crippen LogP contribution in [0.5, 0.6) is 0 Å². The molecule has 0 fully saturated rings. The van der Waals surface area contributed by atoms with Crippen LogP contribution in [0.2, 0.25) is 5.28 Å². The molecular weight excluding hydrogens is 414 g/mol. The van der Waals surface area contributed by atoms with Crippen LogP contribution in [-0.4, -0.2) is 18.0 Å². The number of nitrogens with zero attached hydrogens (tertiary/aromatic N) is 2. The van der Waals surface area contributed by atoms with E-state index in [1.165, 1.54) is 11.3 Å². The monoisotopic (exact) mass is 437 g/mol. The summed E-state index contributed by atoms with van der Waals surface area (Å²) in [6.07, 6.45) is 5.16. The number of aromatic nitrogens is 2. The van der Waals surface area contributed by atoms with E-state index < -0.39 is 10.0 Å². The van der Waals surface area contributed by atoms with Gasteiger partial charge in [-0.25, -0.2) is 18.5 Å². The number of halogens is 1. The van der Waals surface area contributed by atoms with Crippen molar-refractivity contribution in [3.63, 3.8) is 0 Å². The second kappa shape index (κ2) is 8.37. The number of aryl methyl sites for hydroxylation is 2. The molecule has 2 aromatic heterocycles. The predicted molar refractivity (Wildman–Crippen MR) is 115 cm³/mol. The van der Waals surface area contributed by atoms with E-state index in [1.54, 1.807) is 6.20 Å². The normalized spacial score (nSPS) is 12.1. The Hall–Kier alpha value is -1.67. The molecule has 0 bridgehead atoms. The maximum absolute atomic E-state index is 12.2. The minimum absolute atomic E-state index is 0.249. The largest absolute Gasteiger partial charge is 0.321 e. The number of hydrogen-bond donors (Lipinski definition) is 1. The fourth-order valence-corrected chi connectivity index (χ4v) is 5.99. The highest BCUT2D eigenvalue weighted by Gasteiger charge is 2.24. The van der Waals surface area contributed by atoms with Crippen LogP contribution in [0.4, 0.5) is 0 Å². The molecule has 8 heteroatoms. The zero-order chi connectivity index (χ0) is 20.5. The maximum atomic E-state index is 12.2. The second-order valence-electron chi connectivity index (χ2n) is 7.29. The Labute approximate surface area is 175 Å². The fourth-order valence-electron chi connectivity index (χ4n) is 3.20. The van der Waals surface area contributed by atoms with Gasteiger partial charge in [-0.2, -0.15) is 0 Å². The third kappa shape index (κ3) is 4.66. The Morgan fingerprint density at radius 2 is 1.93 bits per heavy atom. The number of thiophene rings is 1. The van der Waals surface area contributed by atoms with Gasteiger partial charge in [-0.05, 0) is 54.0 Å². The molecule has 2 N–H and O–H groups in total. The van der Waals surface area contributed by atoms with E-state index in [2.05, 4.69) is 18.8 Å². The number of sulfonamides is 1. The van der Waals surface area contributed by atoms with Crippen molar-refractivity contribution in [2.24, 2.45) is 11.1 Å². The standard InChI is InChI=1S/C20H24ClN3O2S2/c1-13(2)12-17-14(3)18(19(27-17)28(22,25)26)16-6-4-15(5-7-16)8-10-24-11-9-23-20(24)21/h4-7,9,11,13H,8,10,12H2,1-3H3,(H2,22,25,26). The molecule has 3 aromatic rings. The summed E-state index contributed by atoms with van der Waals surface area (Å²) in [5.41, 5.74) is 3.74. The number of benzene rings is 1. The van der Waals surface area contributed by atoms with Gasteiger partial charge >= 0.3 is 0 Å². The van der Waals surface area contributed by atoms with Crippen LogP contribution in [0, 0.1) is 12.8 Å². The van der Waals surface area contributed by atoms with Crippen molar-refractivity contribution in [3.8, 4) is 11.1 Å². The van der Waals surface area contributed by atoms with Crippen LogP contribution in [0.15, 0.2) is 40.9 Å². The predicted octanol–water partition coefficient (Wildman–Crippen LogP) is 4.66. The van der Waals surface area contributed by atoms with Crippen molar-refractivity contribution in [2.45, 2.75) is 44.4 Å². The topological polar surface area (TPSA) is 78.0 Å². The van der Waals surface area contributed by atoms with Gasteiger partial charge < -0.3 is 4.57 Å². The number of nitrogens with two attached hydrogens (primary N) is 1. The molecule has 150 valence electrons. The van der Waals surface area contributed by atoms with Crippen molar-refractivity contribution in [1.29, 1.82) is 0 Å². The molecule has 3 rings (SSSR count). The first-order valence-electron chi connectivity index (χ1n) is 9.07. The number of rotatable bonds is 7. The van der Waals surface area contributed by atoms with E-state index in [9.17, 15) is 8.42 Å². The number of primary sulfonamides is 1. The van der Waals surface area contributed by atoms with Gasteiger partial charge in [-0.15, -0.1) is 11.3 Å². The summed E-state index contributed by atoms with van der Waals surface area (Å²) < 4.78 is 26.5. The van der Waals surface area contributed by atoms with Gasteiger partial charge in [-0.1, -0.05) is 38.1 Å². The third-order valence-corrected chi connectivity index (χ3v) is 7.71. The highest BCUT2D eigenvalue weighted by molar-refractivity contribution is 7.91. The summed E-state index contributed by atoms with van der Waals surface area (Å²) in [5, 5.41) is 5.99. The smallest absolute Gasteiger partial charge is 0.248 e. The zero-order valence-electron chi connectivity index (χ0n) is 16.1. The van der Waals surface area contributed by atoms with Gasteiger partial charge in [0.15, 0.2) is 0 Å². The summed E-state index contributed by atoms with van der Waals surface area (Å²) in [5.74, 6) is 0.441. The van der Waals surface area contributed by atoms with Crippen LogP contribution in [0.1, 0.15) is 29.9 Å². The minimum Gasteiger partial charge on any atom is -0.321 e. The Balaban J connectivity index is 1.90. The summed E-state index contributed by atoms with van der Waals surface area (Å²) in [6, 6.07) is 7.97. The summed E-state index contributed by atoms with van der Waals surface area (Å²) >= 11 is 7.30. The van der Waals surface area contributed by atoms with Crippen LogP contribution in [0.25, 0.3) is 11.1 Å². The lowest BCUT2D eigenvalue weighted by molar-refractivity contribution is 0.600. The molecule has 0 spiro atoms. The lowest BCUT2D eigenvalue weighted by Gasteiger charge is -2.08. The second-order valence-corrected chi connectivity index (χ2v) is 10.5. The number of imidazole rings is 1. The maximum Gasteiger partial charge on any atom is 0.248 e. The number of hydrogen-bond acceptors (Lipinski definition) is 4. The van der Waals surface area contributed by atoms with E-state index in [4.69, 9.17) is 16.7 Å². The molecule has 1 aromatic carbocycles. The average molecular weight is 438 g/mol. The van der Waals surface area contributed by atoms with Gasteiger partial charge in [0.1, 0.15) is 4.21 Å². The molecule has 0 saturated heterocycles. The molecule has 2 heterocycles. The Bertz CT molecular complexity index is 1070. The summed E-state index contributed by atoms with van der Waals surface area (Å²) in [4.78, 5) is 5.09. The van der Waals surface area contributed by atoms with Crippen LogP contribution < -0.4 is 5.14 Å². The molecule has 0 radical (unpaired) electrons. The van der Waals surface area contributed by atoms with Gasteiger partial charge in [0.2, 0.25) is 15.3 Å². The first-order chi connectivity index (χ1) is 13.2.